The van der Waals surface area contributed by atoms with E-state index >= 15 is 0 Å². The number of hydrogen-bond acceptors (Lipinski definition) is 4. The van der Waals surface area contributed by atoms with E-state index in [0.717, 1.165) is 22.3 Å². The molecule has 0 heterocycles. The highest BCUT2D eigenvalue weighted by molar-refractivity contribution is 5.83. The van der Waals surface area contributed by atoms with Crippen molar-refractivity contribution in [3.8, 4) is 11.1 Å². The first-order valence-corrected chi connectivity index (χ1v) is 11.4. The van der Waals surface area contributed by atoms with Crippen LogP contribution in [-0.4, -0.2) is 47.9 Å². The predicted molar refractivity (Wildman–Crippen MR) is 138 cm³/mol. The maximum Gasteiger partial charge on any atom is 0.326 e. The molecule has 0 unspecified atom stereocenters. The Kier molecular flexibility index (Phi) is 10.7. The van der Waals surface area contributed by atoms with E-state index < -0.39 is 18.1 Å². The average Bonchev–Trinajstić information content (AvgIpc) is 2.89. The van der Waals surface area contributed by atoms with Gasteiger partial charge in [0.05, 0.1) is 0 Å². The van der Waals surface area contributed by atoms with Crippen molar-refractivity contribution in [3.63, 3.8) is 0 Å². The summed E-state index contributed by atoms with van der Waals surface area (Å²) in [5, 5.41) is 11.7. The molecular formula is C28H33N3O4. The van der Waals surface area contributed by atoms with E-state index in [1.54, 1.807) is 21.0 Å². The van der Waals surface area contributed by atoms with E-state index in [4.69, 9.17) is 5.73 Å². The molecular weight excluding hydrogens is 442 g/mol. The van der Waals surface area contributed by atoms with Crippen molar-refractivity contribution in [1.82, 2.24) is 10.2 Å². The van der Waals surface area contributed by atoms with Crippen molar-refractivity contribution in [3.05, 3.63) is 96.1 Å². The van der Waals surface area contributed by atoms with Crippen molar-refractivity contribution in [2.45, 2.75) is 31.8 Å². The summed E-state index contributed by atoms with van der Waals surface area (Å²) in [7, 11) is 3.40. The average molecular weight is 476 g/mol. The lowest BCUT2D eigenvalue weighted by Crippen LogP contribution is -2.42. The van der Waals surface area contributed by atoms with Crippen molar-refractivity contribution in [1.29, 1.82) is 0 Å². The van der Waals surface area contributed by atoms with Crippen molar-refractivity contribution < 1.29 is 19.5 Å². The number of likely N-dealkylation sites (N-methyl/N-ethyl adjacent to an activating group) is 1. The Morgan fingerprint density at radius 2 is 1.37 bits per heavy atom. The predicted octanol–water partition coefficient (Wildman–Crippen LogP) is 3.65. The molecule has 0 aliphatic rings. The molecule has 0 bridgehead atoms. The lowest BCUT2D eigenvalue weighted by atomic mass is 10.0. The minimum absolute atomic E-state index is 0.0776. The molecule has 3 aromatic rings. The van der Waals surface area contributed by atoms with E-state index in [2.05, 4.69) is 5.32 Å². The van der Waals surface area contributed by atoms with Crippen LogP contribution in [0, 0.1) is 0 Å². The van der Waals surface area contributed by atoms with Crippen LogP contribution in [0.1, 0.15) is 30.5 Å². The van der Waals surface area contributed by atoms with Crippen LogP contribution in [0.15, 0.2) is 84.9 Å². The molecule has 2 atom stereocenters. The number of carboxylic acid groups (broad SMARTS) is 1. The highest BCUT2D eigenvalue weighted by Crippen LogP contribution is 2.19. The molecule has 0 fully saturated rings. The molecule has 35 heavy (non-hydrogen) atoms. The minimum atomic E-state index is -1.02. The molecule has 0 saturated heterocycles. The van der Waals surface area contributed by atoms with Gasteiger partial charge in [0.25, 0.3) is 0 Å². The van der Waals surface area contributed by atoms with E-state index in [-0.39, 0.29) is 24.7 Å². The molecule has 184 valence electrons. The number of nitrogens with two attached hydrogens (primary N) is 1. The normalized spacial score (nSPS) is 11.9. The molecule has 0 radical (unpaired) electrons. The molecule has 0 saturated carbocycles. The number of nitrogens with zero attached hydrogens (tertiary/aromatic N) is 1. The Hall–Kier alpha value is -3.97. The van der Waals surface area contributed by atoms with Gasteiger partial charge in [0.15, 0.2) is 0 Å². The molecule has 3 rings (SSSR count). The third-order valence-electron chi connectivity index (χ3n) is 5.32. The lowest BCUT2D eigenvalue weighted by Gasteiger charge is -2.16. The van der Waals surface area contributed by atoms with E-state index in [1.165, 1.54) is 4.90 Å². The number of nitrogens with one attached hydrogen (secondary N) is 1. The number of amides is 2. The van der Waals surface area contributed by atoms with Crippen LogP contribution in [0.3, 0.4) is 0 Å². The van der Waals surface area contributed by atoms with E-state index in [0.29, 0.717) is 0 Å². The third kappa shape index (κ3) is 8.72. The van der Waals surface area contributed by atoms with Gasteiger partial charge >= 0.3 is 5.97 Å². The standard InChI is InChI=1S/C18H19NO3.C10H14N2O/c1-2-17(20)19-16(18(21)22)12-13-8-10-15(11-9-13)14-6-4-3-5-7-14;1-12(2)10(13)9(11)8-6-4-3-5-7-8/h3-11,16H,2,12H2,1H3,(H,19,20)(H,21,22);3-7,9H,11H2,1-2H3/t16-;9-/m01/s1. The van der Waals surface area contributed by atoms with Gasteiger partial charge in [0.2, 0.25) is 11.8 Å². The fourth-order valence-corrected chi connectivity index (χ4v) is 3.28. The fraction of sp³-hybridized carbons (Fsp3) is 0.250. The zero-order valence-electron chi connectivity index (χ0n) is 20.3. The quantitative estimate of drug-likeness (QED) is 0.460. The van der Waals surface area contributed by atoms with Crippen LogP contribution in [0.25, 0.3) is 11.1 Å². The second-order valence-corrected chi connectivity index (χ2v) is 8.20. The Morgan fingerprint density at radius 1 is 0.857 bits per heavy atom. The van der Waals surface area contributed by atoms with Gasteiger partial charge in [-0.05, 0) is 22.3 Å². The van der Waals surface area contributed by atoms with Crippen LogP contribution in [0.2, 0.25) is 0 Å². The van der Waals surface area contributed by atoms with E-state index in [1.807, 2.05) is 84.9 Å². The Labute approximate surface area is 206 Å². The number of benzene rings is 3. The van der Waals surface area contributed by atoms with Crippen LogP contribution in [-0.2, 0) is 20.8 Å². The van der Waals surface area contributed by atoms with Gasteiger partial charge in [-0.15, -0.1) is 0 Å². The molecule has 7 heteroatoms. The topological polar surface area (TPSA) is 113 Å². The molecule has 0 spiro atoms. The second kappa shape index (κ2) is 13.7. The van der Waals surface area contributed by atoms with Crippen LogP contribution < -0.4 is 11.1 Å². The number of hydrogen-bond donors (Lipinski definition) is 3. The van der Waals surface area contributed by atoms with Crippen molar-refractivity contribution in [2.24, 2.45) is 5.73 Å². The van der Waals surface area contributed by atoms with Crippen molar-refractivity contribution in [2.75, 3.05) is 14.1 Å². The highest BCUT2D eigenvalue weighted by atomic mass is 16.4. The summed E-state index contributed by atoms with van der Waals surface area (Å²) in [5.41, 5.74) is 9.67. The van der Waals surface area contributed by atoms with Gasteiger partial charge in [-0.2, -0.15) is 0 Å². The van der Waals surface area contributed by atoms with Gasteiger partial charge in [-0.25, -0.2) is 4.79 Å². The summed E-state index contributed by atoms with van der Waals surface area (Å²) in [6, 6.07) is 25.6. The largest absolute Gasteiger partial charge is 0.480 e. The molecule has 0 aromatic heterocycles. The highest BCUT2D eigenvalue weighted by Gasteiger charge is 2.19. The number of carbonyl (C=O) groups is 3. The summed E-state index contributed by atoms with van der Waals surface area (Å²) in [6.45, 7) is 1.70. The summed E-state index contributed by atoms with van der Waals surface area (Å²) in [5.74, 6) is -1.35. The first kappa shape index (κ1) is 27.3. The van der Waals surface area contributed by atoms with Crippen LogP contribution >= 0.6 is 0 Å². The Morgan fingerprint density at radius 3 is 1.86 bits per heavy atom. The van der Waals surface area contributed by atoms with Crippen LogP contribution in [0.4, 0.5) is 0 Å². The summed E-state index contributed by atoms with van der Waals surface area (Å²) < 4.78 is 0. The zero-order chi connectivity index (χ0) is 25.8. The molecule has 4 N–H and O–H groups in total. The number of aliphatic carboxylic acids is 1. The maximum absolute atomic E-state index is 11.4. The smallest absolute Gasteiger partial charge is 0.326 e. The zero-order valence-corrected chi connectivity index (χ0v) is 20.3. The number of rotatable bonds is 8. The number of carbonyl (C=O) groups excluding carboxylic acids is 2. The summed E-state index contributed by atoms with van der Waals surface area (Å²) >= 11 is 0. The van der Waals surface area contributed by atoms with Crippen molar-refractivity contribution >= 4 is 17.8 Å². The Bertz CT molecular complexity index is 1080. The fourth-order valence-electron chi connectivity index (χ4n) is 3.28. The van der Waals surface area contributed by atoms with Crippen LogP contribution in [0.5, 0.6) is 0 Å². The lowest BCUT2D eigenvalue weighted by molar-refractivity contribution is -0.141. The summed E-state index contributed by atoms with van der Waals surface area (Å²) in [6.07, 6.45) is 0.548. The SMILES string of the molecule is CCC(=O)N[C@@H](Cc1ccc(-c2ccccc2)cc1)C(=O)O.CN(C)C(=O)[C@H](N)c1ccccc1. The van der Waals surface area contributed by atoms with Gasteiger partial charge in [-0.1, -0.05) is 91.9 Å². The monoisotopic (exact) mass is 475 g/mol. The second-order valence-electron chi connectivity index (χ2n) is 8.20. The molecule has 0 aliphatic carbocycles. The first-order chi connectivity index (χ1) is 16.7. The van der Waals surface area contributed by atoms with E-state index in [9.17, 15) is 19.5 Å². The minimum Gasteiger partial charge on any atom is -0.480 e. The molecule has 7 nitrogen and oxygen atoms in total. The molecule has 2 amide bonds. The van der Waals surface area contributed by atoms with Gasteiger partial charge in [-0.3, -0.25) is 9.59 Å². The number of carboxylic acids is 1. The molecule has 3 aromatic carbocycles. The first-order valence-electron chi connectivity index (χ1n) is 11.4. The van der Waals surface area contributed by atoms with Gasteiger partial charge in [0, 0.05) is 26.9 Å². The maximum atomic E-state index is 11.4. The third-order valence-corrected chi connectivity index (χ3v) is 5.32. The molecule has 0 aliphatic heterocycles. The Balaban J connectivity index is 0.000000283. The van der Waals surface area contributed by atoms with Gasteiger partial charge < -0.3 is 21.1 Å². The summed E-state index contributed by atoms with van der Waals surface area (Å²) in [4.78, 5) is 35.6. The van der Waals surface area contributed by atoms with Gasteiger partial charge in [0.1, 0.15) is 12.1 Å².